The second-order valence-electron chi connectivity index (χ2n) is 7.57. The molecular formula is C22H30FN5O. The molecule has 1 aromatic heterocycles. The van der Waals surface area contributed by atoms with E-state index in [9.17, 15) is 4.39 Å². The number of hydrogen-bond donors (Lipinski definition) is 1. The maximum Gasteiger partial charge on any atom is 0.193 e. The van der Waals surface area contributed by atoms with Crippen LogP contribution in [0.1, 0.15) is 25.0 Å². The summed E-state index contributed by atoms with van der Waals surface area (Å²) >= 11 is 0. The van der Waals surface area contributed by atoms with Gasteiger partial charge in [0.1, 0.15) is 11.6 Å². The van der Waals surface area contributed by atoms with Crippen LogP contribution >= 0.6 is 0 Å². The number of benzene rings is 1. The number of hydrogen-bond acceptors (Lipinski definition) is 4. The molecule has 7 heteroatoms. The molecule has 2 heterocycles. The first-order valence-corrected chi connectivity index (χ1v) is 9.96. The number of aromatic nitrogens is 1. The summed E-state index contributed by atoms with van der Waals surface area (Å²) in [5, 5.41) is 3.34. The van der Waals surface area contributed by atoms with Crippen LogP contribution < -0.4 is 10.2 Å². The fourth-order valence-corrected chi connectivity index (χ4v) is 3.62. The predicted octanol–water partition coefficient (Wildman–Crippen LogP) is 3.04. The van der Waals surface area contributed by atoms with E-state index < -0.39 is 0 Å². The first kappa shape index (κ1) is 21.0. The van der Waals surface area contributed by atoms with E-state index in [-0.39, 0.29) is 18.0 Å². The Hall–Kier alpha value is -2.67. The van der Waals surface area contributed by atoms with Crippen molar-refractivity contribution >= 4 is 11.8 Å². The van der Waals surface area contributed by atoms with Crippen LogP contribution in [-0.4, -0.2) is 55.2 Å². The molecule has 1 aliphatic rings. The molecule has 0 aliphatic carbocycles. The van der Waals surface area contributed by atoms with Crippen LogP contribution in [0.2, 0.25) is 0 Å². The summed E-state index contributed by atoms with van der Waals surface area (Å²) in [6, 6.07) is 10.8. The molecule has 2 aromatic rings. The summed E-state index contributed by atoms with van der Waals surface area (Å²) in [6.45, 7) is 7.07. The van der Waals surface area contributed by atoms with Crippen LogP contribution in [0.4, 0.5) is 10.2 Å². The molecule has 2 unspecified atom stereocenters. The Morgan fingerprint density at radius 3 is 2.62 bits per heavy atom. The molecule has 29 heavy (non-hydrogen) atoms. The summed E-state index contributed by atoms with van der Waals surface area (Å²) in [4.78, 5) is 13.2. The summed E-state index contributed by atoms with van der Waals surface area (Å²) in [5.41, 5.74) is 1.97. The van der Waals surface area contributed by atoms with Crippen molar-refractivity contribution in [2.45, 2.75) is 39.1 Å². The molecule has 156 valence electrons. The molecule has 1 aromatic carbocycles. The summed E-state index contributed by atoms with van der Waals surface area (Å²) in [5.74, 6) is 1.49. The number of nitrogens with zero attached hydrogens (tertiary/aromatic N) is 4. The number of rotatable bonds is 5. The van der Waals surface area contributed by atoms with Gasteiger partial charge in [-0.2, -0.15) is 0 Å². The second-order valence-corrected chi connectivity index (χ2v) is 7.57. The number of guanidine groups is 1. The second kappa shape index (κ2) is 9.69. The Labute approximate surface area is 172 Å². The van der Waals surface area contributed by atoms with Crippen molar-refractivity contribution in [3.05, 3.63) is 59.5 Å². The summed E-state index contributed by atoms with van der Waals surface area (Å²) in [6.07, 6.45) is 2.31. The van der Waals surface area contributed by atoms with E-state index in [0.717, 1.165) is 36.0 Å². The lowest BCUT2D eigenvalue weighted by atomic mass is 10.2. The van der Waals surface area contributed by atoms with Crippen molar-refractivity contribution in [2.24, 2.45) is 4.99 Å². The number of morpholine rings is 1. The number of aliphatic imine (C=N–C) groups is 1. The zero-order valence-corrected chi connectivity index (χ0v) is 17.6. The predicted molar refractivity (Wildman–Crippen MR) is 115 cm³/mol. The SMILES string of the molecule is CN=C(NCc1ccc(N2CC(C)OC(C)C2)nc1)N(C)Cc1cccc(F)c1. The van der Waals surface area contributed by atoms with Crippen molar-refractivity contribution in [1.29, 1.82) is 0 Å². The van der Waals surface area contributed by atoms with Gasteiger partial charge in [-0.1, -0.05) is 18.2 Å². The first-order valence-electron chi connectivity index (χ1n) is 9.96. The Morgan fingerprint density at radius 1 is 1.24 bits per heavy atom. The fraction of sp³-hybridized carbons (Fsp3) is 0.455. The molecule has 0 spiro atoms. The fourth-order valence-electron chi connectivity index (χ4n) is 3.62. The maximum atomic E-state index is 13.4. The van der Waals surface area contributed by atoms with Crippen molar-refractivity contribution in [3.63, 3.8) is 0 Å². The van der Waals surface area contributed by atoms with Gasteiger partial charge in [-0.3, -0.25) is 4.99 Å². The Balaban J connectivity index is 1.55. The van der Waals surface area contributed by atoms with Crippen LogP contribution in [0.25, 0.3) is 0 Å². The Kier molecular flexibility index (Phi) is 7.04. The molecule has 1 fully saturated rings. The third-order valence-electron chi connectivity index (χ3n) is 4.89. The van der Waals surface area contributed by atoms with Gasteiger partial charge in [-0.25, -0.2) is 9.37 Å². The van der Waals surface area contributed by atoms with Gasteiger partial charge in [0.25, 0.3) is 0 Å². The first-order chi connectivity index (χ1) is 13.9. The minimum absolute atomic E-state index is 0.207. The highest BCUT2D eigenvalue weighted by Gasteiger charge is 2.23. The topological polar surface area (TPSA) is 53.0 Å². The Morgan fingerprint density at radius 2 is 2.00 bits per heavy atom. The van der Waals surface area contributed by atoms with Gasteiger partial charge in [-0.05, 0) is 43.2 Å². The van der Waals surface area contributed by atoms with Gasteiger partial charge in [0.15, 0.2) is 5.96 Å². The molecule has 6 nitrogen and oxygen atoms in total. The highest BCUT2D eigenvalue weighted by Crippen LogP contribution is 2.18. The normalized spacial score (nSPS) is 19.9. The lowest BCUT2D eigenvalue weighted by Crippen LogP contribution is -2.45. The molecule has 1 aliphatic heterocycles. The van der Waals surface area contributed by atoms with E-state index in [1.807, 2.05) is 24.2 Å². The monoisotopic (exact) mass is 399 g/mol. The molecule has 0 saturated carbocycles. The number of pyridine rings is 1. The van der Waals surface area contributed by atoms with E-state index in [4.69, 9.17) is 4.74 Å². The standard InChI is InChI=1S/C22H30FN5O/c1-16-13-28(14-17(2)29-16)21-9-8-19(11-25-21)12-26-22(24-3)27(4)15-18-6-5-7-20(23)10-18/h5-11,16-17H,12-15H2,1-4H3,(H,24,26). The smallest absolute Gasteiger partial charge is 0.193 e. The van der Waals surface area contributed by atoms with Gasteiger partial charge in [0, 0.05) is 46.5 Å². The van der Waals surface area contributed by atoms with Crippen molar-refractivity contribution in [1.82, 2.24) is 15.2 Å². The van der Waals surface area contributed by atoms with Crippen LogP contribution in [0.3, 0.4) is 0 Å². The van der Waals surface area contributed by atoms with Crippen molar-refractivity contribution in [3.8, 4) is 0 Å². The highest BCUT2D eigenvalue weighted by atomic mass is 19.1. The largest absolute Gasteiger partial charge is 0.372 e. The van der Waals surface area contributed by atoms with Crippen LogP contribution in [-0.2, 0) is 17.8 Å². The average Bonchev–Trinajstić information content (AvgIpc) is 2.68. The maximum absolute atomic E-state index is 13.4. The molecule has 3 rings (SSSR count). The van der Waals surface area contributed by atoms with Gasteiger partial charge < -0.3 is 19.9 Å². The number of anilines is 1. The van der Waals surface area contributed by atoms with Gasteiger partial charge in [-0.15, -0.1) is 0 Å². The molecule has 0 bridgehead atoms. The van der Waals surface area contributed by atoms with E-state index in [1.54, 1.807) is 19.2 Å². The van der Waals surface area contributed by atoms with Gasteiger partial charge in [0.05, 0.1) is 12.2 Å². The van der Waals surface area contributed by atoms with E-state index in [2.05, 4.69) is 46.2 Å². The number of ether oxygens (including phenoxy) is 1. The Bertz CT molecular complexity index is 816. The van der Waals surface area contributed by atoms with Gasteiger partial charge >= 0.3 is 0 Å². The molecule has 0 radical (unpaired) electrons. The zero-order valence-electron chi connectivity index (χ0n) is 17.6. The quantitative estimate of drug-likeness (QED) is 0.619. The average molecular weight is 400 g/mol. The minimum Gasteiger partial charge on any atom is -0.372 e. The summed E-state index contributed by atoms with van der Waals surface area (Å²) in [7, 11) is 3.68. The lowest BCUT2D eigenvalue weighted by Gasteiger charge is -2.36. The number of halogens is 1. The molecule has 0 amide bonds. The lowest BCUT2D eigenvalue weighted by molar-refractivity contribution is -0.00545. The van der Waals surface area contributed by atoms with Crippen LogP contribution in [0.15, 0.2) is 47.6 Å². The van der Waals surface area contributed by atoms with Crippen molar-refractivity contribution in [2.75, 3.05) is 32.1 Å². The summed E-state index contributed by atoms with van der Waals surface area (Å²) < 4.78 is 19.2. The third kappa shape index (κ3) is 5.90. The van der Waals surface area contributed by atoms with Crippen LogP contribution in [0, 0.1) is 5.82 Å². The van der Waals surface area contributed by atoms with E-state index >= 15 is 0 Å². The molecular weight excluding hydrogens is 369 g/mol. The highest BCUT2D eigenvalue weighted by molar-refractivity contribution is 5.79. The van der Waals surface area contributed by atoms with E-state index in [0.29, 0.717) is 13.1 Å². The number of nitrogens with one attached hydrogen (secondary N) is 1. The van der Waals surface area contributed by atoms with E-state index in [1.165, 1.54) is 6.07 Å². The van der Waals surface area contributed by atoms with Crippen molar-refractivity contribution < 1.29 is 9.13 Å². The molecule has 1 N–H and O–H groups in total. The third-order valence-corrected chi connectivity index (χ3v) is 4.89. The molecule has 1 saturated heterocycles. The molecule has 2 atom stereocenters. The van der Waals surface area contributed by atoms with Gasteiger partial charge in [0.2, 0.25) is 0 Å². The zero-order chi connectivity index (χ0) is 20.8. The van der Waals surface area contributed by atoms with Crippen LogP contribution in [0.5, 0.6) is 0 Å². The minimum atomic E-state index is -0.228.